The maximum atomic E-state index is 11.7. The topological polar surface area (TPSA) is 94.8 Å². The standard InChI is InChI=1S/C27H42N2O4S/c1-14-12-20-22(29-26(34-20)28-18-8-6-5-7-9-18)16(3)21(14)23(31)24(32)27(13-30)15(2)10-11-19-17(4)33-25(19)27/h14-16,18-19,21,23-25,30-32H,4-13H2,1-3H3,(H,28,29)/t14-,15+,16?,19-,21+,23-,24-,25+,27-/m0/s1. The van der Waals surface area contributed by atoms with Crippen molar-refractivity contribution < 1.29 is 20.1 Å². The van der Waals surface area contributed by atoms with Crippen LogP contribution in [-0.4, -0.2) is 51.3 Å². The van der Waals surface area contributed by atoms with E-state index in [1.165, 1.54) is 37.0 Å². The number of aromatic nitrogens is 1. The molecule has 190 valence electrons. The molecule has 4 aliphatic rings. The number of hydrogen-bond acceptors (Lipinski definition) is 7. The van der Waals surface area contributed by atoms with Gasteiger partial charge in [0.15, 0.2) is 5.13 Å². The molecule has 7 heteroatoms. The molecule has 3 fully saturated rings. The minimum atomic E-state index is -1.07. The van der Waals surface area contributed by atoms with Crippen LogP contribution in [0.2, 0.25) is 0 Å². The Morgan fingerprint density at radius 1 is 1.15 bits per heavy atom. The SMILES string of the molecule is C=C1O[C@@H]2[C@H]1CC[C@@H](C)[C@@]2(CO)[C@@H](O)[C@@H](O)[C@H]1C(C)c2nc(NC3CCCCC3)sc2C[C@@H]1C. The molecule has 1 unspecified atom stereocenters. The Balaban J connectivity index is 1.37. The zero-order valence-electron chi connectivity index (χ0n) is 20.9. The molecular weight excluding hydrogens is 448 g/mol. The van der Waals surface area contributed by atoms with Gasteiger partial charge in [-0.2, -0.15) is 0 Å². The summed E-state index contributed by atoms with van der Waals surface area (Å²) < 4.78 is 5.92. The zero-order valence-corrected chi connectivity index (χ0v) is 21.7. The highest BCUT2D eigenvalue weighted by molar-refractivity contribution is 7.15. The average Bonchev–Trinajstić information content (AvgIpc) is 3.21. The third-order valence-electron chi connectivity index (χ3n) is 9.79. The largest absolute Gasteiger partial charge is 0.493 e. The molecule has 34 heavy (non-hydrogen) atoms. The smallest absolute Gasteiger partial charge is 0.183 e. The highest BCUT2D eigenvalue weighted by Crippen LogP contribution is 2.57. The summed E-state index contributed by atoms with van der Waals surface area (Å²) in [7, 11) is 0. The molecule has 6 nitrogen and oxygen atoms in total. The number of fused-ring (bicyclic) bond motifs is 2. The van der Waals surface area contributed by atoms with Crippen molar-refractivity contribution in [1.29, 1.82) is 0 Å². The molecule has 4 N–H and O–H groups in total. The fraction of sp³-hybridized carbons (Fsp3) is 0.815. The molecule has 2 saturated carbocycles. The second-order valence-electron chi connectivity index (χ2n) is 11.6. The van der Waals surface area contributed by atoms with Crippen LogP contribution >= 0.6 is 11.3 Å². The molecule has 1 saturated heterocycles. The number of hydrogen-bond donors (Lipinski definition) is 4. The van der Waals surface area contributed by atoms with Crippen molar-refractivity contribution in [2.45, 2.75) is 102 Å². The van der Waals surface area contributed by atoms with Gasteiger partial charge in [0.05, 0.1) is 41.6 Å². The maximum absolute atomic E-state index is 11.7. The summed E-state index contributed by atoms with van der Waals surface area (Å²) in [5.74, 6) is 1.06. The number of aliphatic hydroxyl groups excluding tert-OH is 3. The van der Waals surface area contributed by atoms with Gasteiger partial charge in [-0.15, -0.1) is 11.3 Å². The van der Waals surface area contributed by atoms with Crippen LogP contribution < -0.4 is 5.32 Å². The van der Waals surface area contributed by atoms with E-state index >= 15 is 0 Å². The Morgan fingerprint density at radius 3 is 2.56 bits per heavy atom. The lowest BCUT2D eigenvalue weighted by Crippen LogP contribution is -2.66. The average molecular weight is 491 g/mol. The fourth-order valence-electron chi connectivity index (χ4n) is 7.62. The predicted molar refractivity (Wildman–Crippen MR) is 135 cm³/mol. The highest BCUT2D eigenvalue weighted by atomic mass is 32.1. The number of ether oxygens (including phenoxy) is 1. The van der Waals surface area contributed by atoms with Crippen LogP contribution in [0.25, 0.3) is 0 Å². The van der Waals surface area contributed by atoms with Crippen LogP contribution in [0.5, 0.6) is 0 Å². The fourth-order valence-corrected chi connectivity index (χ4v) is 8.90. The quantitative estimate of drug-likeness (QED) is 0.470. The monoisotopic (exact) mass is 490 g/mol. The van der Waals surface area contributed by atoms with E-state index < -0.39 is 17.6 Å². The van der Waals surface area contributed by atoms with Gasteiger partial charge < -0.3 is 25.4 Å². The third kappa shape index (κ3) is 3.82. The van der Waals surface area contributed by atoms with Gasteiger partial charge in [-0.25, -0.2) is 4.98 Å². The van der Waals surface area contributed by atoms with E-state index in [1.807, 2.05) is 0 Å². The van der Waals surface area contributed by atoms with E-state index in [0.29, 0.717) is 6.04 Å². The van der Waals surface area contributed by atoms with Crippen LogP contribution in [0.4, 0.5) is 5.13 Å². The Labute approximate surface area is 207 Å². The van der Waals surface area contributed by atoms with E-state index in [1.54, 1.807) is 11.3 Å². The van der Waals surface area contributed by atoms with Gasteiger partial charge in [-0.3, -0.25) is 0 Å². The minimum absolute atomic E-state index is 0.0317. The lowest BCUT2D eigenvalue weighted by atomic mass is 9.54. The molecule has 1 aromatic heterocycles. The van der Waals surface area contributed by atoms with Gasteiger partial charge in [-0.1, -0.05) is 46.6 Å². The Hall–Kier alpha value is -1.15. The molecule has 9 atom stereocenters. The summed E-state index contributed by atoms with van der Waals surface area (Å²) in [4.78, 5) is 6.30. The minimum Gasteiger partial charge on any atom is -0.493 e. The normalized spacial score (nSPS) is 39.9. The molecule has 0 aromatic carbocycles. The van der Waals surface area contributed by atoms with Crippen LogP contribution in [0.1, 0.15) is 82.2 Å². The summed E-state index contributed by atoms with van der Waals surface area (Å²) in [6, 6.07) is 0.514. The molecule has 1 aliphatic heterocycles. The van der Waals surface area contributed by atoms with E-state index in [4.69, 9.17) is 9.72 Å². The van der Waals surface area contributed by atoms with E-state index in [-0.39, 0.29) is 42.3 Å². The number of rotatable bonds is 6. The summed E-state index contributed by atoms with van der Waals surface area (Å²) in [6.07, 6.45) is 6.72. The number of nitrogens with zero attached hydrogens (tertiary/aromatic N) is 1. The summed E-state index contributed by atoms with van der Waals surface area (Å²) in [6.45, 7) is 10.2. The zero-order chi connectivity index (χ0) is 24.2. The number of anilines is 1. The molecular formula is C27H42N2O4S. The lowest BCUT2D eigenvalue weighted by molar-refractivity contribution is -0.246. The molecule has 1 aromatic rings. The number of thiazole rings is 1. The van der Waals surface area contributed by atoms with Crippen molar-refractivity contribution in [2.24, 2.45) is 29.1 Å². The van der Waals surface area contributed by atoms with Crippen LogP contribution in [-0.2, 0) is 11.2 Å². The molecule has 5 rings (SSSR count). The molecule has 0 radical (unpaired) electrons. The van der Waals surface area contributed by atoms with Crippen molar-refractivity contribution in [1.82, 2.24) is 4.98 Å². The van der Waals surface area contributed by atoms with Crippen molar-refractivity contribution in [3.8, 4) is 0 Å². The first kappa shape index (κ1) is 24.5. The Bertz CT molecular complexity index is 899. The summed E-state index contributed by atoms with van der Waals surface area (Å²) >= 11 is 1.76. The van der Waals surface area contributed by atoms with Crippen LogP contribution in [0, 0.1) is 29.1 Å². The first-order valence-electron chi connectivity index (χ1n) is 13.4. The number of aliphatic hydroxyl groups is 3. The molecule has 0 spiro atoms. The Morgan fingerprint density at radius 2 is 1.88 bits per heavy atom. The molecule has 2 heterocycles. The van der Waals surface area contributed by atoms with E-state index in [0.717, 1.165) is 35.8 Å². The summed E-state index contributed by atoms with van der Waals surface area (Å²) in [5, 5.41) is 38.6. The van der Waals surface area contributed by atoms with Gasteiger partial charge in [0, 0.05) is 16.8 Å². The third-order valence-corrected chi connectivity index (χ3v) is 10.8. The first-order chi connectivity index (χ1) is 16.3. The lowest BCUT2D eigenvalue weighted by Gasteiger charge is -2.59. The van der Waals surface area contributed by atoms with Crippen molar-refractivity contribution in [3.63, 3.8) is 0 Å². The van der Waals surface area contributed by atoms with Crippen LogP contribution in [0.3, 0.4) is 0 Å². The summed E-state index contributed by atoms with van der Waals surface area (Å²) in [5.41, 5.74) is 0.192. The highest BCUT2D eigenvalue weighted by Gasteiger charge is 2.62. The Kier molecular flexibility index (Phi) is 6.77. The van der Waals surface area contributed by atoms with Gasteiger partial charge in [0.1, 0.15) is 6.10 Å². The van der Waals surface area contributed by atoms with Crippen LogP contribution in [0.15, 0.2) is 12.3 Å². The van der Waals surface area contributed by atoms with E-state index in [2.05, 4.69) is 32.7 Å². The molecule has 0 bridgehead atoms. The second kappa shape index (κ2) is 9.38. The van der Waals surface area contributed by atoms with Gasteiger partial charge in [0.2, 0.25) is 0 Å². The predicted octanol–water partition coefficient (Wildman–Crippen LogP) is 4.46. The second-order valence-corrected chi connectivity index (χ2v) is 12.7. The molecule has 0 amide bonds. The van der Waals surface area contributed by atoms with Crippen molar-refractivity contribution in [2.75, 3.05) is 11.9 Å². The van der Waals surface area contributed by atoms with Gasteiger partial charge in [0.25, 0.3) is 0 Å². The maximum Gasteiger partial charge on any atom is 0.183 e. The molecule has 3 aliphatic carbocycles. The number of nitrogens with one attached hydrogen (secondary N) is 1. The van der Waals surface area contributed by atoms with E-state index in [9.17, 15) is 15.3 Å². The van der Waals surface area contributed by atoms with Crippen molar-refractivity contribution in [3.05, 3.63) is 22.9 Å². The van der Waals surface area contributed by atoms with Gasteiger partial charge >= 0.3 is 0 Å². The van der Waals surface area contributed by atoms with Crippen molar-refractivity contribution >= 4 is 16.5 Å². The van der Waals surface area contributed by atoms with Gasteiger partial charge in [-0.05, 0) is 49.9 Å². The first-order valence-corrected chi connectivity index (χ1v) is 14.2.